The summed E-state index contributed by atoms with van der Waals surface area (Å²) in [5, 5.41) is 4.45. The summed E-state index contributed by atoms with van der Waals surface area (Å²) >= 11 is 15.0. The SMILES string of the molecule is COc1ccc(P2(=S)NC(=S)CN2c2ccccc2Br)cc1. The van der Waals surface area contributed by atoms with Gasteiger partial charge in [0.05, 0.1) is 19.3 Å². The van der Waals surface area contributed by atoms with E-state index in [-0.39, 0.29) is 0 Å². The summed E-state index contributed by atoms with van der Waals surface area (Å²) in [5.74, 6) is 0.819. The van der Waals surface area contributed by atoms with E-state index in [1.54, 1.807) is 7.11 Å². The van der Waals surface area contributed by atoms with E-state index in [0.717, 1.165) is 26.2 Å². The fraction of sp³-hybridized carbons (Fsp3) is 0.133. The van der Waals surface area contributed by atoms with Crippen LogP contribution in [-0.2, 0) is 11.8 Å². The van der Waals surface area contributed by atoms with Crippen molar-refractivity contribution in [2.75, 3.05) is 18.3 Å². The molecule has 3 rings (SSSR count). The van der Waals surface area contributed by atoms with E-state index in [4.69, 9.17) is 28.8 Å². The van der Waals surface area contributed by atoms with Crippen molar-refractivity contribution in [1.82, 2.24) is 5.09 Å². The third-order valence-electron chi connectivity index (χ3n) is 3.46. The average Bonchev–Trinajstić information content (AvgIpc) is 2.84. The molecule has 1 unspecified atom stereocenters. The monoisotopic (exact) mass is 412 g/mol. The predicted molar refractivity (Wildman–Crippen MR) is 104 cm³/mol. The van der Waals surface area contributed by atoms with Crippen LogP contribution >= 0.6 is 34.5 Å². The van der Waals surface area contributed by atoms with Crippen molar-refractivity contribution < 1.29 is 4.74 Å². The molecule has 0 amide bonds. The van der Waals surface area contributed by atoms with Gasteiger partial charge >= 0.3 is 0 Å². The highest BCUT2D eigenvalue weighted by Crippen LogP contribution is 2.52. The lowest BCUT2D eigenvalue weighted by Crippen LogP contribution is -2.24. The Kier molecular flexibility index (Phi) is 4.55. The summed E-state index contributed by atoms with van der Waals surface area (Å²) in [4.78, 5) is 0.787. The van der Waals surface area contributed by atoms with Gasteiger partial charge in [0.1, 0.15) is 10.7 Å². The van der Waals surface area contributed by atoms with E-state index < -0.39 is 6.34 Å². The topological polar surface area (TPSA) is 24.5 Å². The molecule has 0 aliphatic carbocycles. The Labute approximate surface area is 148 Å². The molecule has 1 heterocycles. The zero-order valence-electron chi connectivity index (χ0n) is 11.8. The lowest BCUT2D eigenvalue weighted by atomic mass is 10.3. The van der Waals surface area contributed by atoms with Crippen LogP contribution < -0.4 is 19.8 Å². The number of hydrogen-bond acceptors (Lipinski definition) is 3. The Hall–Kier alpha value is -0.940. The molecule has 0 radical (unpaired) electrons. The number of nitrogens with one attached hydrogen (secondary N) is 1. The number of hydrogen-bond donors (Lipinski definition) is 1. The van der Waals surface area contributed by atoms with Crippen LogP contribution in [0.15, 0.2) is 53.0 Å². The van der Waals surface area contributed by atoms with Gasteiger partial charge in [-0.05, 0) is 64.1 Å². The lowest BCUT2D eigenvalue weighted by molar-refractivity contribution is 0.415. The van der Waals surface area contributed by atoms with Crippen molar-refractivity contribution in [2.45, 2.75) is 0 Å². The number of anilines is 1. The zero-order chi connectivity index (χ0) is 15.7. The van der Waals surface area contributed by atoms with E-state index >= 15 is 0 Å². The van der Waals surface area contributed by atoms with Crippen LogP contribution in [0.4, 0.5) is 5.69 Å². The highest BCUT2D eigenvalue weighted by atomic mass is 79.9. The number of halogens is 1. The molecule has 22 heavy (non-hydrogen) atoms. The fourth-order valence-corrected chi connectivity index (χ4v) is 7.26. The second kappa shape index (κ2) is 6.28. The third kappa shape index (κ3) is 2.81. The van der Waals surface area contributed by atoms with Crippen molar-refractivity contribution in [3.63, 3.8) is 0 Å². The van der Waals surface area contributed by atoms with Crippen LogP contribution in [0.5, 0.6) is 5.75 Å². The maximum atomic E-state index is 6.03. The van der Waals surface area contributed by atoms with Gasteiger partial charge in [0.2, 0.25) is 0 Å². The number of ether oxygens (including phenoxy) is 1. The molecular formula is C15H14BrN2OPS2. The molecule has 1 N–H and O–H groups in total. The van der Waals surface area contributed by atoms with Gasteiger partial charge in [0, 0.05) is 9.78 Å². The van der Waals surface area contributed by atoms with Gasteiger partial charge in [0.25, 0.3) is 0 Å². The molecule has 1 fully saturated rings. The molecule has 114 valence electrons. The maximum Gasteiger partial charge on any atom is 0.151 e. The normalized spacial score (nSPS) is 20.8. The van der Waals surface area contributed by atoms with Crippen molar-refractivity contribution in [3.05, 3.63) is 53.0 Å². The smallest absolute Gasteiger partial charge is 0.151 e. The number of thiocarbonyl (C=S) groups is 1. The summed E-state index contributed by atoms with van der Waals surface area (Å²) in [6.07, 6.45) is -2.18. The summed E-state index contributed by atoms with van der Waals surface area (Å²) in [6, 6.07) is 16.0. The van der Waals surface area contributed by atoms with Crippen LogP contribution in [-0.4, -0.2) is 18.6 Å². The van der Waals surface area contributed by atoms with Crippen molar-refractivity contribution in [2.24, 2.45) is 0 Å². The minimum Gasteiger partial charge on any atom is -0.497 e. The molecule has 0 bridgehead atoms. The summed E-state index contributed by atoms with van der Waals surface area (Å²) in [5.41, 5.74) is 1.06. The molecule has 0 spiro atoms. The first-order chi connectivity index (χ1) is 10.5. The van der Waals surface area contributed by atoms with Crippen LogP contribution in [0.1, 0.15) is 0 Å². The quantitative estimate of drug-likeness (QED) is 0.609. The van der Waals surface area contributed by atoms with Crippen molar-refractivity contribution >= 4 is 62.3 Å². The van der Waals surface area contributed by atoms with Crippen molar-refractivity contribution in [3.8, 4) is 5.75 Å². The predicted octanol–water partition coefficient (Wildman–Crippen LogP) is 3.83. The molecule has 0 saturated carbocycles. The van der Waals surface area contributed by atoms with Crippen LogP contribution in [0.25, 0.3) is 0 Å². The molecule has 3 nitrogen and oxygen atoms in total. The standard InChI is InChI=1S/C15H14BrN2OPS2/c1-19-11-6-8-12(9-7-11)20(22)17-15(21)10-18(20)14-5-3-2-4-13(14)16/h2-9H,10H2,1H3,(H,17,21,22). The highest BCUT2D eigenvalue weighted by molar-refractivity contribution is 9.10. The second-order valence-corrected chi connectivity index (χ2v) is 10.1. The Morgan fingerprint density at radius 3 is 2.50 bits per heavy atom. The summed E-state index contributed by atoms with van der Waals surface area (Å²) < 4.78 is 8.45. The van der Waals surface area contributed by atoms with Crippen LogP contribution in [0.3, 0.4) is 0 Å². The first kappa shape index (κ1) is 15.9. The number of rotatable bonds is 3. The second-order valence-electron chi connectivity index (χ2n) is 4.82. The molecule has 1 atom stereocenters. The Balaban J connectivity index is 2.07. The number of methoxy groups -OCH3 is 1. The summed E-state index contributed by atoms with van der Waals surface area (Å²) in [6.45, 7) is 0.640. The van der Waals surface area contributed by atoms with Gasteiger partial charge in [-0.1, -0.05) is 24.4 Å². The van der Waals surface area contributed by atoms with Gasteiger partial charge in [-0.2, -0.15) is 0 Å². The first-order valence-electron chi connectivity index (χ1n) is 6.63. The maximum absolute atomic E-state index is 6.03. The number of para-hydroxylation sites is 1. The molecule has 1 aliphatic rings. The molecule has 1 saturated heterocycles. The first-order valence-corrected chi connectivity index (χ1v) is 10.6. The molecule has 0 aromatic heterocycles. The van der Waals surface area contributed by atoms with Gasteiger partial charge in [-0.15, -0.1) is 0 Å². The third-order valence-corrected chi connectivity index (χ3v) is 8.62. The van der Waals surface area contributed by atoms with E-state index in [9.17, 15) is 0 Å². The number of benzene rings is 2. The molecule has 7 heteroatoms. The Morgan fingerprint density at radius 2 is 1.86 bits per heavy atom. The van der Waals surface area contributed by atoms with Gasteiger partial charge < -0.3 is 14.5 Å². The molecule has 1 aliphatic heterocycles. The molecule has 2 aromatic rings. The minimum atomic E-state index is -2.18. The van der Waals surface area contributed by atoms with E-state index in [0.29, 0.717) is 6.54 Å². The summed E-state index contributed by atoms with van der Waals surface area (Å²) in [7, 11) is 1.66. The Morgan fingerprint density at radius 1 is 1.18 bits per heavy atom. The van der Waals surface area contributed by atoms with Gasteiger partial charge in [0.15, 0.2) is 6.34 Å². The minimum absolute atomic E-state index is 0.640. The number of nitrogens with zero attached hydrogens (tertiary/aromatic N) is 1. The van der Waals surface area contributed by atoms with E-state index in [1.807, 2.05) is 42.5 Å². The lowest BCUT2D eigenvalue weighted by Gasteiger charge is -2.30. The Bertz CT molecular complexity index is 766. The van der Waals surface area contributed by atoms with Crippen LogP contribution in [0.2, 0.25) is 0 Å². The van der Waals surface area contributed by atoms with E-state index in [1.165, 1.54) is 0 Å². The van der Waals surface area contributed by atoms with Gasteiger partial charge in [-0.25, -0.2) is 0 Å². The highest BCUT2D eigenvalue weighted by Gasteiger charge is 2.36. The molecule has 2 aromatic carbocycles. The molecular weight excluding hydrogens is 399 g/mol. The zero-order valence-corrected chi connectivity index (χ0v) is 15.9. The largest absolute Gasteiger partial charge is 0.497 e. The average molecular weight is 413 g/mol. The van der Waals surface area contributed by atoms with E-state index in [2.05, 4.69) is 31.8 Å². The van der Waals surface area contributed by atoms with Crippen molar-refractivity contribution in [1.29, 1.82) is 0 Å². The van der Waals surface area contributed by atoms with Gasteiger partial charge in [-0.3, -0.25) is 0 Å². The van der Waals surface area contributed by atoms with Crippen LogP contribution in [0, 0.1) is 0 Å². The fourth-order valence-electron chi connectivity index (χ4n) is 2.39.